The Kier molecular flexibility index (Phi) is 6.39. The zero-order valence-electron chi connectivity index (χ0n) is 15.2. The molecule has 2 heterocycles. The Morgan fingerprint density at radius 3 is 3.00 bits per heavy atom. The van der Waals surface area contributed by atoms with Crippen LogP contribution in [0.25, 0.3) is 0 Å². The highest BCUT2D eigenvalue weighted by Gasteiger charge is 2.26. The van der Waals surface area contributed by atoms with Gasteiger partial charge in [-0.05, 0) is 25.1 Å². The van der Waals surface area contributed by atoms with Gasteiger partial charge in [0.15, 0.2) is 5.16 Å². The molecule has 1 N–H and O–H groups in total. The van der Waals surface area contributed by atoms with Crippen LogP contribution in [-0.2, 0) is 17.8 Å². The smallest absolute Gasteiger partial charge is 0.268 e. The minimum Gasteiger partial charge on any atom is -0.495 e. The van der Waals surface area contributed by atoms with Crippen LogP contribution in [0.4, 0.5) is 5.69 Å². The monoisotopic (exact) mass is 425 g/mol. The molecule has 0 radical (unpaired) electrons. The van der Waals surface area contributed by atoms with Crippen LogP contribution in [0.5, 0.6) is 5.75 Å². The summed E-state index contributed by atoms with van der Waals surface area (Å²) in [5, 5.41) is 4.23. The summed E-state index contributed by atoms with van der Waals surface area (Å²) in [5.74, 6) is 0.439. The van der Waals surface area contributed by atoms with E-state index in [1.165, 1.54) is 18.9 Å². The number of carbonyl (C=O) groups excluding carboxylic acids is 1. The van der Waals surface area contributed by atoms with Crippen molar-refractivity contribution in [2.45, 2.75) is 42.1 Å². The molecule has 0 aliphatic carbocycles. The fourth-order valence-corrected chi connectivity index (χ4v) is 4.98. The van der Waals surface area contributed by atoms with E-state index in [1.807, 2.05) is 6.92 Å². The first-order valence-electron chi connectivity index (χ1n) is 8.49. The molecule has 0 fully saturated rings. The molecule has 1 aromatic heterocycles. The van der Waals surface area contributed by atoms with Gasteiger partial charge < -0.3 is 10.1 Å². The third kappa shape index (κ3) is 4.44. The van der Waals surface area contributed by atoms with Gasteiger partial charge in [0.2, 0.25) is 5.91 Å². The molecule has 144 valence electrons. The molecular weight excluding hydrogens is 406 g/mol. The topological polar surface area (TPSA) is 73.2 Å². The number of ether oxygens (including phenoxy) is 1. The highest BCUT2D eigenvalue weighted by Crippen LogP contribution is 2.34. The Bertz CT molecular complexity index is 933. The van der Waals surface area contributed by atoms with E-state index in [0.717, 1.165) is 17.0 Å². The van der Waals surface area contributed by atoms with Gasteiger partial charge in [-0.25, -0.2) is 4.98 Å². The number of benzene rings is 1. The van der Waals surface area contributed by atoms with E-state index in [4.69, 9.17) is 16.3 Å². The SMILES string of the molecule is CCn1c(SCC(=O)Nc2cc(Cl)ccc2OC)nc2c(c1=O)S[C@H](C)C2. The van der Waals surface area contributed by atoms with Crippen molar-refractivity contribution >= 4 is 46.7 Å². The largest absolute Gasteiger partial charge is 0.495 e. The number of carbonyl (C=O) groups is 1. The molecule has 1 atom stereocenters. The average molecular weight is 426 g/mol. The Balaban J connectivity index is 1.75. The molecule has 2 aromatic rings. The van der Waals surface area contributed by atoms with Crippen molar-refractivity contribution in [2.75, 3.05) is 18.2 Å². The lowest BCUT2D eigenvalue weighted by Crippen LogP contribution is -2.25. The molecule has 1 aromatic carbocycles. The number of nitrogens with zero attached hydrogens (tertiary/aromatic N) is 2. The van der Waals surface area contributed by atoms with Crippen LogP contribution in [0.1, 0.15) is 19.5 Å². The number of halogens is 1. The van der Waals surface area contributed by atoms with Gasteiger partial charge in [0.05, 0.1) is 29.1 Å². The van der Waals surface area contributed by atoms with Crippen LogP contribution >= 0.6 is 35.1 Å². The van der Waals surface area contributed by atoms with Crippen molar-refractivity contribution in [2.24, 2.45) is 0 Å². The van der Waals surface area contributed by atoms with Gasteiger partial charge in [0.1, 0.15) is 5.75 Å². The molecule has 1 aliphatic heterocycles. The predicted molar refractivity (Wildman–Crippen MR) is 111 cm³/mol. The standard InChI is InChI=1S/C18H20ClN3O3S2/c1-4-22-17(24)16-13(7-10(2)27-16)21-18(22)26-9-15(23)20-12-8-11(19)5-6-14(12)25-3/h5-6,8,10H,4,7,9H2,1-3H3,(H,20,23)/t10-/m1/s1. The predicted octanol–water partition coefficient (Wildman–Crippen LogP) is 3.69. The maximum absolute atomic E-state index is 12.7. The van der Waals surface area contributed by atoms with Crippen molar-refractivity contribution in [1.29, 1.82) is 0 Å². The second-order valence-corrected chi connectivity index (χ2v) is 8.86. The highest BCUT2D eigenvalue weighted by atomic mass is 35.5. The van der Waals surface area contributed by atoms with Gasteiger partial charge in [-0.15, -0.1) is 11.8 Å². The van der Waals surface area contributed by atoms with Crippen LogP contribution in [0.2, 0.25) is 5.02 Å². The van der Waals surface area contributed by atoms with Crippen molar-refractivity contribution in [3.8, 4) is 5.75 Å². The molecule has 1 amide bonds. The summed E-state index contributed by atoms with van der Waals surface area (Å²) >= 11 is 8.82. The molecule has 0 spiro atoms. The number of fused-ring (bicyclic) bond motifs is 1. The molecule has 0 saturated carbocycles. The number of thioether (sulfide) groups is 2. The minimum absolute atomic E-state index is 0.0173. The van der Waals surface area contributed by atoms with E-state index in [-0.39, 0.29) is 17.2 Å². The number of hydrogen-bond acceptors (Lipinski definition) is 6. The molecule has 6 nitrogen and oxygen atoms in total. The Morgan fingerprint density at radius 1 is 1.52 bits per heavy atom. The number of methoxy groups -OCH3 is 1. The summed E-state index contributed by atoms with van der Waals surface area (Å²) in [5.41, 5.74) is 1.33. The average Bonchev–Trinajstić information content (AvgIpc) is 3.01. The molecule has 0 unspecified atom stereocenters. The molecular formula is C18H20ClN3O3S2. The van der Waals surface area contributed by atoms with Gasteiger partial charge in [-0.1, -0.05) is 30.3 Å². The molecule has 1 aliphatic rings. The van der Waals surface area contributed by atoms with Gasteiger partial charge in [0.25, 0.3) is 5.56 Å². The summed E-state index contributed by atoms with van der Waals surface area (Å²) in [4.78, 5) is 30.4. The Hall–Kier alpha value is -1.64. The lowest BCUT2D eigenvalue weighted by atomic mass is 10.2. The van der Waals surface area contributed by atoms with E-state index in [9.17, 15) is 9.59 Å². The zero-order valence-corrected chi connectivity index (χ0v) is 17.6. The summed E-state index contributed by atoms with van der Waals surface area (Å²) in [6, 6.07) is 5.02. The van der Waals surface area contributed by atoms with Gasteiger partial charge in [-0.2, -0.15) is 0 Å². The van der Waals surface area contributed by atoms with Crippen LogP contribution in [0, 0.1) is 0 Å². The number of amides is 1. The maximum atomic E-state index is 12.7. The lowest BCUT2D eigenvalue weighted by Gasteiger charge is -2.13. The van der Waals surface area contributed by atoms with Crippen molar-refractivity contribution in [3.63, 3.8) is 0 Å². The Morgan fingerprint density at radius 2 is 2.30 bits per heavy atom. The fourth-order valence-electron chi connectivity index (χ4n) is 2.81. The van der Waals surface area contributed by atoms with Gasteiger partial charge >= 0.3 is 0 Å². The van der Waals surface area contributed by atoms with Crippen molar-refractivity contribution < 1.29 is 9.53 Å². The summed E-state index contributed by atoms with van der Waals surface area (Å²) in [6.07, 6.45) is 0.777. The minimum atomic E-state index is -0.222. The lowest BCUT2D eigenvalue weighted by molar-refractivity contribution is -0.113. The quantitative estimate of drug-likeness (QED) is 0.562. The van der Waals surface area contributed by atoms with E-state index in [0.29, 0.717) is 33.4 Å². The van der Waals surface area contributed by atoms with Gasteiger partial charge in [0, 0.05) is 23.2 Å². The number of aromatic nitrogens is 2. The molecule has 3 rings (SSSR count). The normalized spacial score (nSPS) is 15.5. The fraction of sp³-hybridized carbons (Fsp3) is 0.389. The van der Waals surface area contributed by atoms with E-state index in [2.05, 4.69) is 17.2 Å². The molecule has 0 saturated heterocycles. The first-order valence-corrected chi connectivity index (χ1v) is 10.7. The van der Waals surface area contributed by atoms with Crippen LogP contribution in [-0.4, -0.2) is 33.6 Å². The first-order chi connectivity index (χ1) is 12.9. The van der Waals surface area contributed by atoms with Crippen molar-refractivity contribution in [1.82, 2.24) is 9.55 Å². The maximum Gasteiger partial charge on any atom is 0.268 e. The van der Waals surface area contributed by atoms with E-state index in [1.54, 1.807) is 34.5 Å². The number of anilines is 1. The summed E-state index contributed by atoms with van der Waals surface area (Å²) < 4.78 is 6.86. The van der Waals surface area contributed by atoms with E-state index >= 15 is 0 Å². The highest BCUT2D eigenvalue weighted by molar-refractivity contribution is 8.00. The van der Waals surface area contributed by atoms with Gasteiger partial charge in [-0.3, -0.25) is 14.2 Å². The number of rotatable bonds is 6. The third-order valence-electron chi connectivity index (χ3n) is 4.05. The van der Waals surface area contributed by atoms with Crippen LogP contribution in [0.15, 0.2) is 33.0 Å². The summed E-state index contributed by atoms with van der Waals surface area (Å²) in [6.45, 7) is 4.50. The van der Waals surface area contributed by atoms with E-state index < -0.39 is 0 Å². The molecule has 27 heavy (non-hydrogen) atoms. The first kappa shape index (κ1) is 20.1. The van der Waals surface area contributed by atoms with Crippen LogP contribution in [0.3, 0.4) is 0 Å². The third-order valence-corrected chi connectivity index (χ3v) is 6.47. The molecule has 0 bridgehead atoms. The zero-order chi connectivity index (χ0) is 19.6. The Labute approximate surface area is 171 Å². The second kappa shape index (κ2) is 8.58. The van der Waals surface area contributed by atoms with Crippen LogP contribution < -0.4 is 15.6 Å². The molecule has 9 heteroatoms. The number of hydrogen-bond donors (Lipinski definition) is 1. The summed E-state index contributed by atoms with van der Waals surface area (Å²) in [7, 11) is 1.53. The van der Waals surface area contributed by atoms with Crippen molar-refractivity contribution in [3.05, 3.63) is 39.3 Å². The number of nitrogens with one attached hydrogen (secondary N) is 1. The second-order valence-electron chi connectivity index (χ2n) is 6.03.